The zero-order valence-corrected chi connectivity index (χ0v) is 14.2. The Morgan fingerprint density at radius 1 is 1.38 bits per heavy atom. The van der Waals surface area contributed by atoms with E-state index in [-0.39, 0.29) is 0 Å². The molecule has 9 heteroatoms. The number of halogens is 4. The molecule has 140 valence electrons. The van der Waals surface area contributed by atoms with Crippen molar-refractivity contribution in [1.82, 2.24) is 14.8 Å². The molecule has 1 aromatic carbocycles. The lowest BCUT2D eigenvalue weighted by Gasteiger charge is -2.34. The maximum Gasteiger partial charge on any atom is 0.435 e. The molecule has 0 fully saturated rings. The first-order chi connectivity index (χ1) is 12.2. The van der Waals surface area contributed by atoms with Crippen molar-refractivity contribution in [3.05, 3.63) is 52.6 Å². The molecule has 0 unspecified atom stereocenters. The summed E-state index contributed by atoms with van der Waals surface area (Å²) in [5.74, 6) is -1.36. The molecule has 0 spiro atoms. The van der Waals surface area contributed by atoms with E-state index >= 15 is 0 Å². The van der Waals surface area contributed by atoms with Crippen LogP contribution < -0.4 is 0 Å². The molecule has 0 radical (unpaired) electrons. The zero-order valence-electron chi connectivity index (χ0n) is 14.2. The van der Waals surface area contributed by atoms with Crippen LogP contribution in [0.2, 0.25) is 0 Å². The minimum atomic E-state index is -4.78. The number of carbonyl (C=O) groups is 1. The van der Waals surface area contributed by atoms with E-state index in [1.807, 2.05) is 0 Å². The Bertz CT molecular complexity index is 832. The van der Waals surface area contributed by atoms with Crippen LogP contribution in [0.1, 0.15) is 46.1 Å². The van der Waals surface area contributed by atoms with Gasteiger partial charge in [0.15, 0.2) is 5.69 Å². The molecule has 1 heterocycles. The molecular formula is C17H17F4N3O2. The minimum absolute atomic E-state index is 0.395. The highest BCUT2D eigenvalue weighted by Gasteiger charge is 2.41. The number of hydrogen-bond acceptors (Lipinski definition) is 3. The van der Waals surface area contributed by atoms with E-state index in [1.54, 1.807) is 6.07 Å². The molecule has 0 saturated carbocycles. The van der Waals surface area contributed by atoms with Gasteiger partial charge in [-0.1, -0.05) is 12.1 Å². The summed E-state index contributed by atoms with van der Waals surface area (Å²) in [5.41, 5.74) is -0.877. The van der Waals surface area contributed by atoms with Crippen LogP contribution in [0, 0.1) is 5.82 Å². The maximum atomic E-state index is 14.1. The lowest BCUT2D eigenvalue weighted by molar-refractivity contribution is -0.144. The Labute approximate surface area is 147 Å². The molecule has 26 heavy (non-hydrogen) atoms. The molecule has 0 bridgehead atoms. The fourth-order valence-corrected chi connectivity index (χ4v) is 3.35. The predicted molar refractivity (Wildman–Crippen MR) is 83.5 cm³/mol. The Kier molecular flexibility index (Phi) is 4.74. The van der Waals surface area contributed by atoms with E-state index in [2.05, 4.69) is 5.10 Å². The average Bonchev–Trinajstić information content (AvgIpc) is 2.98. The van der Waals surface area contributed by atoms with Crippen molar-refractivity contribution < 1.29 is 27.2 Å². The predicted octanol–water partition coefficient (Wildman–Crippen LogP) is 3.66. The number of hydrogen-bond donors (Lipinski definition) is 0. The highest BCUT2D eigenvalue weighted by Crippen LogP contribution is 2.38. The third kappa shape index (κ3) is 3.18. The van der Waals surface area contributed by atoms with Crippen molar-refractivity contribution in [1.29, 1.82) is 0 Å². The minimum Gasteiger partial charge on any atom is -0.274 e. The number of carbonyl (C=O) groups excluding carboxylic acids is 1. The first-order valence-corrected chi connectivity index (χ1v) is 7.99. The smallest absolute Gasteiger partial charge is 0.274 e. The number of nitrogens with zero attached hydrogens (tertiary/aromatic N) is 3. The molecule has 1 aromatic heterocycles. The van der Waals surface area contributed by atoms with Crippen molar-refractivity contribution in [2.45, 2.75) is 31.5 Å². The van der Waals surface area contributed by atoms with Gasteiger partial charge in [-0.25, -0.2) is 9.45 Å². The van der Waals surface area contributed by atoms with Gasteiger partial charge in [0.25, 0.3) is 5.91 Å². The molecule has 1 aliphatic carbocycles. The Hall–Kier alpha value is -2.42. The third-order valence-electron chi connectivity index (χ3n) is 4.43. The van der Waals surface area contributed by atoms with E-state index < -0.39 is 35.2 Å². The van der Waals surface area contributed by atoms with Crippen molar-refractivity contribution in [3.8, 4) is 0 Å². The average molecular weight is 371 g/mol. The van der Waals surface area contributed by atoms with Crippen LogP contribution in [-0.4, -0.2) is 27.9 Å². The van der Waals surface area contributed by atoms with Gasteiger partial charge in [-0.3, -0.25) is 14.3 Å². The largest absolute Gasteiger partial charge is 0.435 e. The highest BCUT2D eigenvalue weighted by atomic mass is 19.4. The van der Waals surface area contributed by atoms with E-state index in [0.717, 1.165) is 15.9 Å². The van der Waals surface area contributed by atoms with Gasteiger partial charge in [-0.15, -0.1) is 0 Å². The van der Waals surface area contributed by atoms with E-state index in [1.165, 1.54) is 26.3 Å². The SMILES string of the molecule is CON(C(=O)c1cn(C)nc1C(F)(F)F)[C@@H]1CCCc2c(F)cccc21. The van der Waals surface area contributed by atoms with Gasteiger partial charge in [0.05, 0.1) is 18.7 Å². The summed E-state index contributed by atoms with van der Waals surface area (Å²) in [4.78, 5) is 17.9. The summed E-state index contributed by atoms with van der Waals surface area (Å²) >= 11 is 0. The monoisotopic (exact) mass is 371 g/mol. The van der Waals surface area contributed by atoms with Gasteiger partial charge in [0.2, 0.25) is 0 Å². The molecule has 1 aliphatic rings. The highest BCUT2D eigenvalue weighted by molar-refractivity contribution is 5.95. The summed E-state index contributed by atoms with van der Waals surface area (Å²) in [6.07, 6.45) is -2.22. The summed E-state index contributed by atoms with van der Waals surface area (Å²) in [6.45, 7) is 0. The van der Waals surface area contributed by atoms with Crippen LogP contribution in [0.25, 0.3) is 0 Å². The lowest BCUT2D eigenvalue weighted by atomic mass is 9.87. The second kappa shape index (κ2) is 6.71. The van der Waals surface area contributed by atoms with Gasteiger partial charge in [-0.2, -0.15) is 18.3 Å². The van der Waals surface area contributed by atoms with E-state index in [4.69, 9.17) is 4.84 Å². The molecule has 1 atom stereocenters. The summed E-state index contributed by atoms with van der Waals surface area (Å²) in [5, 5.41) is 4.23. The van der Waals surface area contributed by atoms with Gasteiger partial charge >= 0.3 is 6.18 Å². The van der Waals surface area contributed by atoms with Crippen LogP contribution in [0.4, 0.5) is 17.6 Å². The normalized spacial score (nSPS) is 17.1. The third-order valence-corrected chi connectivity index (χ3v) is 4.43. The van der Waals surface area contributed by atoms with E-state index in [9.17, 15) is 22.4 Å². The fourth-order valence-electron chi connectivity index (χ4n) is 3.35. The van der Waals surface area contributed by atoms with Crippen LogP contribution in [0.3, 0.4) is 0 Å². The van der Waals surface area contributed by atoms with Gasteiger partial charge < -0.3 is 0 Å². The first-order valence-electron chi connectivity index (χ1n) is 7.99. The van der Waals surface area contributed by atoms with Crippen molar-refractivity contribution in [3.63, 3.8) is 0 Å². The van der Waals surface area contributed by atoms with Crippen LogP contribution >= 0.6 is 0 Å². The van der Waals surface area contributed by atoms with Crippen LogP contribution in [0.5, 0.6) is 0 Å². The molecule has 0 saturated heterocycles. The van der Waals surface area contributed by atoms with Gasteiger partial charge in [0.1, 0.15) is 5.82 Å². The van der Waals surface area contributed by atoms with Crippen LogP contribution in [-0.2, 0) is 24.5 Å². The summed E-state index contributed by atoms with van der Waals surface area (Å²) in [6, 6.07) is 3.82. The second-order valence-electron chi connectivity index (χ2n) is 6.09. The molecule has 1 amide bonds. The second-order valence-corrected chi connectivity index (χ2v) is 6.09. The molecule has 0 N–H and O–H groups in total. The molecule has 5 nitrogen and oxygen atoms in total. The fraction of sp³-hybridized carbons (Fsp3) is 0.412. The summed E-state index contributed by atoms with van der Waals surface area (Å²) < 4.78 is 54.5. The molecule has 2 aromatic rings. The van der Waals surface area contributed by atoms with Crippen LogP contribution in [0.15, 0.2) is 24.4 Å². The lowest BCUT2D eigenvalue weighted by Crippen LogP contribution is -2.36. The Morgan fingerprint density at radius 3 is 2.77 bits per heavy atom. The number of fused-ring (bicyclic) bond motifs is 1. The van der Waals surface area contributed by atoms with Crippen molar-refractivity contribution in [2.24, 2.45) is 7.05 Å². The quantitative estimate of drug-likeness (QED) is 0.611. The standard InChI is InChI=1S/C17H17F4N3O2/c1-23-9-12(15(22-23)17(19,20)21)16(25)24(26-2)14-8-4-5-10-11(14)6-3-7-13(10)18/h3,6-7,9,14H,4-5,8H2,1-2H3/t14-/m1/s1. The first kappa shape index (κ1) is 18.4. The zero-order chi connectivity index (χ0) is 19.1. The van der Waals surface area contributed by atoms with E-state index in [0.29, 0.717) is 30.4 Å². The number of rotatable bonds is 3. The Morgan fingerprint density at radius 2 is 2.12 bits per heavy atom. The van der Waals surface area contributed by atoms with Crippen molar-refractivity contribution >= 4 is 5.91 Å². The number of aromatic nitrogens is 2. The van der Waals surface area contributed by atoms with Gasteiger partial charge in [0, 0.05) is 13.2 Å². The Balaban J connectivity index is 2.02. The molecule has 0 aliphatic heterocycles. The molecular weight excluding hydrogens is 354 g/mol. The maximum absolute atomic E-state index is 14.1. The summed E-state index contributed by atoms with van der Waals surface area (Å²) in [7, 11) is 2.50. The number of benzene rings is 1. The number of aryl methyl sites for hydroxylation is 1. The van der Waals surface area contributed by atoms with Crippen molar-refractivity contribution in [2.75, 3.05) is 7.11 Å². The number of hydroxylamine groups is 2. The number of amides is 1. The number of alkyl halides is 3. The topological polar surface area (TPSA) is 47.4 Å². The molecule has 3 rings (SSSR count). The van der Waals surface area contributed by atoms with Gasteiger partial charge in [-0.05, 0) is 36.5 Å².